The Morgan fingerprint density at radius 2 is 0.950 bits per heavy atom. The topological polar surface area (TPSA) is 120 Å². The van der Waals surface area contributed by atoms with Crippen LogP contribution in [-0.2, 0) is 19.2 Å². The van der Waals surface area contributed by atoms with Crippen LogP contribution >= 0.6 is 0 Å². The molecule has 0 atom stereocenters. The van der Waals surface area contributed by atoms with Crippen LogP contribution < -0.4 is 11.5 Å². The van der Waals surface area contributed by atoms with Crippen LogP contribution in [0.5, 0.6) is 0 Å². The Bertz CT molecular complexity index is 272. The second-order valence-electron chi connectivity index (χ2n) is 4.12. The zero-order valence-corrected chi connectivity index (χ0v) is 13.0. The zero-order chi connectivity index (χ0) is 16.6. The smallest absolute Gasteiger partial charge is 0.139 e. The van der Waals surface area contributed by atoms with Crippen molar-refractivity contribution in [3.8, 4) is 0 Å². The van der Waals surface area contributed by atoms with Gasteiger partial charge >= 0.3 is 0 Å². The van der Waals surface area contributed by atoms with Gasteiger partial charge in [0.05, 0.1) is 12.8 Å². The fourth-order valence-corrected chi connectivity index (χ4v) is 0.805. The molecule has 0 aliphatic rings. The predicted octanol–water partition coefficient (Wildman–Crippen LogP) is 0.793. The van der Waals surface area contributed by atoms with Gasteiger partial charge < -0.3 is 11.5 Å². The maximum atomic E-state index is 10.4. The number of ketones is 4. The summed E-state index contributed by atoms with van der Waals surface area (Å²) in [5, 5.41) is 0. The first-order valence-corrected chi connectivity index (χ1v) is 6.67. The fraction of sp³-hybridized carbons (Fsp3) is 0.714. The predicted molar refractivity (Wildman–Crippen MR) is 79.3 cm³/mol. The molecule has 6 heteroatoms. The van der Waals surface area contributed by atoms with Crippen molar-refractivity contribution in [2.75, 3.05) is 13.1 Å². The molecule has 0 spiro atoms. The van der Waals surface area contributed by atoms with Gasteiger partial charge in [0, 0.05) is 25.9 Å². The lowest BCUT2D eigenvalue weighted by Gasteiger charge is -1.87. The van der Waals surface area contributed by atoms with Crippen molar-refractivity contribution in [1.82, 2.24) is 0 Å². The number of nitrogens with two attached hydrogens (primary N) is 2. The van der Waals surface area contributed by atoms with E-state index in [0.717, 1.165) is 0 Å². The van der Waals surface area contributed by atoms with E-state index in [1.165, 1.54) is 13.8 Å². The van der Waals surface area contributed by atoms with Crippen LogP contribution in [0.15, 0.2) is 0 Å². The molecule has 0 aliphatic carbocycles. The van der Waals surface area contributed by atoms with Crippen LogP contribution in [-0.4, -0.2) is 36.2 Å². The molecule has 0 saturated heterocycles. The molecule has 0 aromatic carbocycles. The molecule has 0 unspecified atom stereocenters. The molecule has 0 saturated carbocycles. The monoisotopic (exact) mass is 288 g/mol. The van der Waals surface area contributed by atoms with E-state index in [1.807, 2.05) is 0 Å². The third-order valence-electron chi connectivity index (χ3n) is 1.85. The van der Waals surface area contributed by atoms with Gasteiger partial charge in [-0.05, 0) is 13.8 Å². The summed E-state index contributed by atoms with van der Waals surface area (Å²) >= 11 is 0. The van der Waals surface area contributed by atoms with E-state index in [1.54, 1.807) is 13.8 Å². The first-order chi connectivity index (χ1) is 9.24. The summed E-state index contributed by atoms with van der Waals surface area (Å²) in [6.45, 7) is 7.55. The van der Waals surface area contributed by atoms with E-state index in [9.17, 15) is 19.2 Å². The summed E-state index contributed by atoms with van der Waals surface area (Å²) in [5.41, 5.74) is 9.81. The number of rotatable bonds is 7. The molecule has 0 heterocycles. The van der Waals surface area contributed by atoms with Gasteiger partial charge in [0.15, 0.2) is 0 Å². The molecular weight excluding hydrogens is 260 g/mol. The average molecular weight is 288 g/mol. The molecule has 6 nitrogen and oxygen atoms in total. The molecule has 0 aromatic heterocycles. The van der Waals surface area contributed by atoms with Crippen molar-refractivity contribution in [3.05, 3.63) is 0 Å². The largest absolute Gasteiger partial charge is 0.329 e. The molecule has 0 rings (SSSR count). The lowest BCUT2D eigenvalue weighted by molar-refractivity contribution is -0.127. The highest BCUT2D eigenvalue weighted by Gasteiger charge is 2.00. The molecule has 0 radical (unpaired) electrons. The Balaban J connectivity index is -0.000000230. The number of Topliss-reactive ketones (excluding diaryl/α,β-unsaturated/α-hetero) is 4. The Hall–Kier alpha value is -1.40. The molecule has 0 aromatic rings. The molecule has 0 bridgehead atoms. The van der Waals surface area contributed by atoms with Crippen molar-refractivity contribution in [3.63, 3.8) is 0 Å². The number of carbonyl (C=O) groups excluding carboxylic acids is 4. The Morgan fingerprint density at radius 3 is 1.00 bits per heavy atom. The van der Waals surface area contributed by atoms with Gasteiger partial charge in [-0.2, -0.15) is 0 Å². The summed E-state index contributed by atoms with van der Waals surface area (Å²) in [6, 6.07) is 0. The van der Waals surface area contributed by atoms with Crippen molar-refractivity contribution < 1.29 is 19.2 Å². The second kappa shape index (κ2) is 17.6. The van der Waals surface area contributed by atoms with Gasteiger partial charge in [0.25, 0.3) is 0 Å². The highest BCUT2D eigenvalue weighted by molar-refractivity contribution is 5.98. The van der Waals surface area contributed by atoms with Gasteiger partial charge in [0.1, 0.15) is 23.1 Å². The summed E-state index contributed by atoms with van der Waals surface area (Å²) in [4.78, 5) is 41.2. The van der Waals surface area contributed by atoms with E-state index in [0.29, 0.717) is 25.9 Å². The van der Waals surface area contributed by atoms with Crippen LogP contribution in [0, 0.1) is 0 Å². The Labute approximate surface area is 121 Å². The highest BCUT2D eigenvalue weighted by Crippen LogP contribution is 1.88. The number of carbonyl (C=O) groups is 4. The fourth-order valence-electron chi connectivity index (χ4n) is 0.805. The minimum Gasteiger partial charge on any atom is -0.329 e. The molecular formula is C14H28N2O4. The first kappa shape index (κ1) is 23.7. The van der Waals surface area contributed by atoms with Crippen LogP contribution in [0.4, 0.5) is 0 Å². The van der Waals surface area contributed by atoms with Crippen molar-refractivity contribution in [1.29, 1.82) is 0 Å². The first-order valence-electron chi connectivity index (χ1n) is 6.67. The number of hydrogen-bond acceptors (Lipinski definition) is 6. The van der Waals surface area contributed by atoms with Crippen molar-refractivity contribution in [2.24, 2.45) is 11.5 Å². The molecule has 118 valence electrons. The third-order valence-corrected chi connectivity index (χ3v) is 1.85. The van der Waals surface area contributed by atoms with Crippen molar-refractivity contribution in [2.45, 2.75) is 53.4 Å². The maximum absolute atomic E-state index is 10.4. The van der Waals surface area contributed by atoms with Gasteiger partial charge in [-0.1, -0.05) is 13.8 Å². The molecule has 4 N–H and O–H groups in total. The summed E-state index contributed by atoms with van der Waals surface area (Å²) in [6.07, 6.45) is 1.16. The minimum absolute atomic E-state index is 0.0255. The molecule has 20 heavy (non-hydrogen) atoms. The van der Waals surface area contributed by atoms with Gasteiger partial charge in [-0.25, -0.2) is 0 Å². The van der Waals surface area contributed by atoms with Crippen LogP contribution in [0.2, 0.25) is 0 Å². The quantitative estimate of drug-likeness (QED) is 0.668. The van der Waals surface area contributed by atoms with E-state index < -0.39 is 0 Å². The average Bonchev–Trinajstić information content (AvgIpc) is 2.38. The normalized spacial score (nSPS) is 8.50. The van der Waals surface area contributed by atoms with E-state index in [4.69, 9.17) is 11.5 Å². The summed E-state index contributed by atoms with van der Waals surface area (Å²) in [5.74, 6) is -0.0382. The highest BCUT2D eigenvalue weighted by atomic mass is 16.2. The molecule has 0 amide bonds. The van der Waals surface area contributed by atoms with E-state index in [-0.39, 0.29) is 36.0 Å². The van der Waals surface area contributed by atoms with Crippen LogP contribution in [0.25, 0.3) is 0 Å². The lowest BCUT2D eigenvalue weighted by Crippen LogP contribution is -2.11. The summed E-state index contributed by atoms with van der Waals surface area (Å²) in [7, 11) is 0. The Kier molecular flexibility index (Phi) is 20.8. The zero-order valence-electron chi connectivity index (χ0n) is 13.0. The van der Waals surface area contributed by atoms with Crippen LogP contribution in [0.1, 0.15) is 53.4 Å². The molecule has 0 aliphatic heterocycles. The van der Waals surface area contributed by atoms with Gasteiger partial charge in [-0.3, -0.25) is 19.2 Å². The minimum atomic E-state index is -0.0446. The van der Waals surface area contributed by atoms with E-state index >= 15 is 0 Å². The molecule has 0 fully saturated rings. The van der Waals surface area contributed by atoms with Gasteiger partial charge in [0.2, 0.25) is 0 Å². The van der Waals surface area contributed by atoms with Crippen LogP contribution in [0.3, 0.4) is 0 Å². The standard InChI is InChI=1S/2C6H10O2.C2H8N2/c2*1-3-6(8)4-5(2)7;3-1-2-4/h2*3-4H2,1-2H3;1-4H2. The van der Waals surface area contributed by atoms with E-state index in [2.05, 4.69) is 0 Å². The maximum Gasteiger partial charge on any atom is 0.139 e. The summed E-state index contributed by atoms with van der Waals surface area (Å²) < 4.78 is 0. The van der Waals surface area contributed by atoms with Crippen molar-refractivity contribution >= 4 is 23.1 Å². The Morgan fingerprint density at radius 1 is 0.700 bits per heavy atom. The van der Waals surface area contributed by atoms with Gasteiger partial charge in [-0.15, -0.1) is 0 Å². The third kappa shape index (κ3) is 30.0. The SMILES string of the molecule is CCC(=O)CC(C)=O.CCC(=O)CC(C)=O.NCCN. The second-order valence-corrected chi connectivity index (χ2v) is 4.12. The number of hydrogen-bond donors (Lipinski definition) is 2. The lowest BCUT2D eigenvalue weighted by atomic mass is 10.2.